The van der Waals surface area contributed by atoms with E-state index in [2.05, 4.69) is 32.5 Å². The first-order valence-corrected chi connectivity index (χ1v) is 7.40. The second-order valence-corrected chi connectivity index (χ2v) is 5.45. The molecule has 0 atom stereocenters. The van der Waals surface area contributed by atoms with Crippen molar-refractivity contribution >= 4 is 21.9 Å². The molecule has 0 radical (unpaired) electrons. The van der Waals surface area contributed by atoms with E-state index in [4.69, 9.17) is 0 Å². The van der Waals surface area contributed by atoms with Crippen molar-refractivity contribution < 1.29 is 9.53 Å². The molecule has 0 aliphatic carbocycles. The van der Waals surface area contributed by atoms with Crippen LogP contribution in [0.5, 0.6) is 0 Å². The molecular weight excluding hydrogens is 328 g/mol. The first kappa shape index (κ1) is 15.3. The Hall–Kier alpha value is -2.05. The molecule has 0 aliphatic heterocycles. The number of rotatable bonds is 3. The van der Waals surface area contributed by atoms with Gasteiger partial charge >= 0.3 is 5.97 Å². The molecule has 0 bridgehead atoms. The van der Waals surface area contributed by atoms with Gasteiger partial charge in [-0.15, -0.1) is 0 Å². The molecule has 2 aromatic carbocycles. The lowest BCUT2D eigenvalue weighted by atomic mass is 10.1. The number of hydrogen-bond donors (Lipinski definition) is 0. The third kappa shape index (κ3) is 5.09. The fourth-order valence-corrected chi connectivity index (χ4v) is 2.21. The molecule has 0 heterocycles. The van der Waals surface area contributed by atoms with Crippen molar-refractivity contribution in [1.82, 2.24) is 0 Å². The van der Waals surface area contributed by atoms with Crippen LogP contribution in [0, 0.1) is 11.8 Å². The monoisotopic (exact) mass is 342 g/mol. The third-order valence-electron chi connectivity index (χ3n) is 2.98. The maximum atomic E-state index is 11.1. The second kappa shape index (κ2) is 7.66. The molecule has 0 unspecified atom stereocenters. The Morgan fingerprint density at radius 3 is 2.48 bits per heavy atom. The summed E-state index contributed by atoms with van der Waals surface area (Å²) in [5.41, 5.74) is 3.03. The summed E-state index contributed by atoms with van der Waals surface area (Å²) in [6, 6.07) is 15.8. The van der Waals surface area contributed by atoms with Gasteiger partial charge in [0.2, 0.25) is 0 Å². The van der Waals surface area contributed by atoms with Gasteiger partial charge in [0.25, 0.3) is 0 Å². The summed E-state index contributed by atoms with van der Waals surface area (Å²) in [6.07, 6.45) is 1.09. The third-order valence-corrected chi connectivity index (χ3v) is 3.47. The number of methoxy groups -OCH3 is 1. The quantitative estimate of drug-likeness (QED) is 0.623. The van der Waals surface area contributed by atoms with Gasteiger partial charge in [0, 0.05) is 22.0 Å². The SMILES string of the molecule is COC(=O)CCc1ccc(C#Cc2cccc(Br)c2)cc1. The summed E-state index contributed by atoms with van der Waals surface area (Å²) in [5.74, 6) is 6.07. The predicted molar refractivity (Wildman–Crippen MR) is 86.9 cm³/mol. The van der Waals surface area contributed by atoms with Gasteiger partial charge in [0.05, 0.1) is 7.11 Å². The highest BCUT2D eigenvalue weighted by Crippen LogP contribution is 2.11. The topological polar surface area (TPSA) is 26.3 Å². The van der Waals surface area contributed by atoms with Crippen LogP contribution in [0.2, 0.25) is 0 Å². The normalized spacial score (nSPS) is 9.62. The summed E-state index contributed by atoms with van der Waals surface area (Å²) >= 11 is 3.43. The molecule has 0 N–H and O–H groups in total. The van der Waals surface area contributed by atoms with Gasteiger partial charge < -0.3 is 4.74 Å². The Morgan fingerprint density at radius 2 is 1.81 bits per heavy atom. The Balaban J connectivity index is 2.01. The van der Waals surface area contributed by atoms with E-state index in [9.17, 15) is 4.79 Å². The lowest BCUT2D eigenvalue weighted by Gasteiger charge is -2.00. The van der Waals surface area contributed by atoms with Gasteiger partial charge in [0.15, 0.2) is 0 Å². The van der Waals surface area contributed by atoms with Gasteiger partial charge in [-0.25, -0.2) is 0 Å². The van der Waals surface area contributed by atoms with Crippen molar-refractivity contribution in [2.75, 3.05) is 7.11 Å². The van der Waals surface area contributed by atoms with Crippen LogP contribution in [0.3, 0.4) is 0 Å². The number of benzene rings is 2. The molecule has 0 saturated heterocycles. The van der Waals surface area contributed by atoms with Crippen LogP contribution in [-0.2, 0) is 16.0 Å². The molecule has 0 saturated carbocycles. The van der Waals surface area contributed by atoms with E-state index in [1.165, 1.54) is 7.11 Å². The molecule has 106 valence electrons. The largest absolute Gasteiger partial charge is 0.469 e. The van der Waals surface area contributed by atoms with Crippen molar-refractivity contribution in [2.24, 2.45) is 0 Å². The highest BCUT2D eigenvalue weighted by atomic mass is 79.9. The van der Waals surface area contributed by atoms with Crippen molar-refractivity contribution in [3.05, 3.63) is 69.7 Å². The van der Waals surface area contributed by atoms with Crippen LogP contribution in [0.15, 0.2) is 53.0 Å². The van der Waals surface area contributed by atoms with Crippen LogP contribution < -0.4 is 0 Å². The minimum atomic E-state index is -0.187. The smallest absolute Gasteiger partial charge is 0.305 e. The van der Waals surface area contributed by atoms with E-state index in [1.54, 1.807) is 0 Å². The first-order valence-electron chi connectivity index (χ1n) is 6.61. The maximum Gasteiger partial charge on any atom is 0.305 e. The summed E-state index contributed by atoms with van der Waals surface area (Å²) < 4.78 is 5.65. The second-order valence-electron chi connectivity index (χ2n) is 4.53. The first-order chi connectivity index (χ1) is 10.2. The predicted octanol–water partition coefficient (Wildman–Crippen LogP) is 3.95. The fraction of sp³-hybridized carbons (Fsp3) is 0.167. The molecule has 2 nitrogen and oxygen atoms in total. The van der Waals surface area contributed by atoms with Crippen LogP contribution in [0.4, 0.5) is 0 Å². The minimum Gasteiger partial charge on any atom is -0.469 e. The molecule has 0 fully saturated rings. The van der Waals surface area contributed by atoms with Gasteiger partial charge in [-0.05, 0) is 42.3 Å². The average molecular weight is 343 g/mol. The maximum absolute atomic E-state index is 11.1. The van der Waals surface area contributed by atoms with Gasteiger partial charge in [-0.1, -0.05) is 46.0 Å². The lowest BCUT2D eigenvalue weighted by Crippen LogP contribution is -2.01. The Morgan fingerprint density at radius 1 is 1.10 bits per heavy atom. The Bertz CT molecular complexity index is 678. The van der Waals surface area contributed by atoms with Gasteiger partial charge in [-0.2, -0.15) is 0 Å². The van der Waals surface area contributed by atoms with Crippen molar-refractivity contribution in [3.63, 3.8) is 0 Å². The molecule has 3 heteroatoms. The summed E-state index contributed by atoms with van der Waals surface area (Å²) in [4.78, 5) is 11.1. The van der Waals surface area contributed by atoms with E-state index in [1.807, 2.05) is 48.5 Å². The number of carbonyl (C=O) groups excluding carboxylic acids is 1. The standard InChI is InChI=1S/C18H15BrO2/c1-21-18(20)12-11-15-7-5-14(6-8-15)9-10-16-3-2-4-17(19)13-16/h2-8,13H,11-12H2,1H3. The molecule has 0 amide bonds. The zero-order valence-electron chi connectivity index (χ0n) is 11.7. The highest BCUT2D eigenvalue weighted by Gasteiger charge is 2.00. The molecule has 0 spiro atoms. The molecule has 21 heavy (non-hydrogen) atoms. The summed E-state index contributed by atoms with van der Waals surface area (Å²) in [6.45, 7) is 0. The number of hydrogen-bond acceptors (Lipinski definition) is 2. The van der Waals surface area contributed by atoms with E-state index in [-0.39, 0.29) is 5.97 Å². The van der Waals surface area contributed by atoms with Crippen LogP contribution in [-0.4, -0.2) is 13.1 Å². The van der Waals surface area contributed by atoms with Crippen LogP contribution >= 0.6 is 15.9 Å². The van der Waals surface area contributed by atoms with E-state index in [0.717, 1.165) is 21.2 Å². The number of halogens is 1. The number of ether oxygens (including phenoxy) is 1. The van der Waals surface area contributed by atoms with Gasteiger partial charge in [-0.3, -0.25) is 4.79 Å². The molecule has 0 aliphatic rings. The highest BCUT2D eigenvalue weighted by molar-refractivity contribution is 9.10. The Kier molecular flexibility index (Phi) is 5.59. The van der Waals surface area contributed by atoms with Crippen molar-refractivity contribution in [3.8, 4) is 11.8 Å². The fourth-order valence-electron chi connectivity index (χ4n) is 1.81. The van der Waals surface area contributed by atoms with E-state index in [0.29, 0.717) is 12.8 Å². The number of carbonyl (C=O) groups is 1. The van der Waals surface area contributed by atoms with E-state index >= 15 is 0 Å². The average Bonchev–Trinajstić information content (AvgIpc) is 2.51. The van der Waals surface area contributed by atoms with Gasteiger partial charge in [0.1, 0.15) is 0 Å². The van der Waals surface area contributed by atoms with Crippen LogP contribution in [0.25, 0.3) is 0 Å². The number of aryl methyl sites for hydroxylation is 1. The molecule has 0 aromatic heterocycles. The van der Waals surface area contributed by atoms with Crippen LogP contribution in [0.1, 0.15) is 23.1 Å². The molecular formula is C18H15BrO2. The molecule has 2 aromatic rings. The minimum absolute atomic E-state index is 0.187. The Labute approximate surface area is 133 Å². The number of esters is 1. The summed E-state index contributed by atoms with van der Waals surface area (Å²) in [5, 5.41) is 0. The van der Waals surface area contributed by atoms with Crippen molar-refractivity contribution in [1.29, 1.82) is 0 Å². The zero-order chi connectivity index (χ0) is 15.1. The lowest BCUT2D eigenvalue weighted by molar-refractivity contribution is -0.140. The van der Waals surface area contributed by atoms with E-state index < -0.39 is 0 Å². The van der Waals surface area contributed by atoms with Crippen molar-refractivity contribution in [2.45, 2.75) is 12.8 Å². The summed E-state index contributed by atoms with van der Waals surface area (Å²) in [7, 11) is 1.41. The zero-order valence-corrected chi connectivity index (χ0v) is 13.3. The molecule has 2 rings (SSSR count).